The van der Waals surface area contributed by atoms with Crippen LogP contribution in [0, 0.1) is 6.92 Å². The lowest BCUT2D eigenvalue weighted by atomic mass is 9.83. The van der Waals surface area contributed by atoms with Crippen LogP contribution in [0.2, 0.25) is 0 Å². The molecule has 2 N–H and O–H groups in total. The number of carbonyl (C=O) groups is 1. The zero-order chi connectivity index (χ0) is 29.8. The Bertz CT molecular complexity index is 1860. The number of aromatic nitrogens is 4. The quantitative estimate of drug-likeness (QED) is 0.216. The van der Waals surface area contributed by atoms with Gasteiger partial charge in [-0.15, -0.1) is 16.4 Å². The van der Waals surface area contributed by atoms with Gasteiger partial charge >= 0.3 is 5.97 Å². The summed E-state index contributed by atoms with van der Waals surface area (Å²) in [4.78, 5) is 19.1. The average Bonchev–Trinajstić information content (AvgIpc) is 3.63. The molecule has 0 amide bonds. The molecule has 3 aromatic heterocycles. The van der Waals surface area contributed by atoms with Crippen LogP contribution >= 0.6 is 11.3 Å². The third kappa shape index (κ3) is 5.23. The van der Waals surface area contributed by atoms with Crippen molar-refractivity contribution < 1.29 is 19.7 Å². The molecule has 0 bridgehead atoms. The highest BCUT2D eigenvalue weighted by atomic mass is 32.1. The average molecular weight is 598 g/mol. The number of aryl methyl sites for hydroxylation is 2. The molecule has 1 saturated carbocycles. The molecule has 1 aliphatic carbocycles. The highest BCUT2D eigenvalue weighted by Gasteiger charge is 2.32. The van der Waals surface area contributed by atoms with E-state index in [2.05, 4.69) is 56.8 Å². The molecule has 7 rings (SSSR count). The number of aliphatic carboxylic acids is 1. The first-order chi connectivity index (χ1) is 20.8. The first-order valence-corrected chi connectivity index (χ1v) is 15.8. The van der Waals surface area contributed by atoms with Crippen LogP contribution in [0.3, 0.4) is 0 Å². The van der Waals surface area contributed by atoms with Gasteiger partial charge in [-0.25, -0.2) is 9.67 Å². The molecule has 5 aromatic rings. The number of benzene rings is 2. The summed E-state index contributed by atoms with van der Waals surface area (Å²) in [7, 11) is 1.93. The van der Waals surface area contributed by atoms with Gasteiger partial charge in [0.2, 0.25) is 5.88 Å². The molecular weight excluding hydrogens is 562 g/mol. The molecule has 1 fully saturated rings. The van der Waals surface area contributed by atoms with Crippen LogP contribution in [0.25, 0.3) is 21.1 Å². The second-order valence-electron chi connectivity index (χ2n) is 12.0. The number of carboxylic acid groups (broad SMARTS) is 1. The molecule has 222 valence electrons. The summed E-state index contributed by atoms with van der Waals surface area (Å²) in [5, 5.41) is 32.3. The topological polar surface area (TPSA) is 114 Å². The van der Waals surface area contributed by atoms with Crippen molar-refractivity contribution in [2.75, 3.05) is 6.54 Å². The highest BCUT2D eigenvalue weighted by Crippen LogP contribution is 2.46. The standard InChI is InChI=1S/C33H35N5O4S/c1-4-23-16-38(17-27-28(42-23)7-8-29(39)34-27)15-22-12-21(11-20-9-10-43-33(20)22)25(14-30(40)41)24-13-26(19-5-6-19)32-31(18(24)2)35-36-37(32)3/h7-13,19,23,25H,4-6,14-17H2,1-3H3,(H,34,39)(H,40,41)/t23-,25+/m1/s1. The summed E-state index contributed by atoms with van der Waals surface area (Å²) in [6.07, 6.45) is 3.09. The molecule has 2 aliphatic rings. The Hall–Kier alpha value is -4.02. The number of aromatic hydroxyl groups is 1. The van der Waals surface area contributed by atoms with Gasteiger partial charge in [0.05, 0.1) is 11.9 Å². The number of hydrogen-bond donors (Lipinski definition) is 2. The Morgan fingerprint density at radius 2 is 2.05 bits per heavy atom. The van der Waals surface area contributed by atoms with Gasteiger partial charge in [-0.3, -0.25) is 9.69 Å². The minimum absolute atomic E-state index is 0.00318. The van der Waals surface area contributed by atoms with E-state index in [1.807, 2.05) is 18.7 Å². The van der Waals surface area contributed by atoms with Gasteiger partial charge in [-0.2, -0.15) is 0 Å². The van der Waals surface area contributed by atoms with E-state index in [0.717, 1.165) is 70.2 Å². The molecule has 2 atom stereocenters. The fraction of sp³-hybridized carbons (Fsp3) is 0.394. The zero-order valence-electron chi connectivity index (χ0n) is 24.6. The van der Waals surface area contributed by atoms with Crippen LogP contribution in [-0.4, -0.2) is 53.7 Å². The van der Waals surface area contributed by atoms with E-state index in [4.69, 9.17) is 4.74 Å². The van der Waals surface area contributed by atoms with Crippen LogP contribution in [0.4, 0.5) is 0 Å². The first-order valence-electron chi connectivity index (χ1n) is 14.9. The van der Waals surface area contributed by atoms with Gasteiger partial charge in [-0.05, 0) is 88.9 Å². The fourth-order valence-electron chi connectivity index (χ4n) is 6.62. The monoisotopic (exact) mass is 597 g/mol. The SMILES string of the molecule is CC[C@@H]1CN(Cc2cc([C@H](CC(=O)O)c3cc(C4CC4)c4c(nnn4C)c3C)cc3ccsc23)Cc2nc(O)ccc2O1. The molecular formula is C33H35N5O4S. The van der Waals surface area contributed by atoms with Crippen molar-refractivity contribution >= 4 is 38.4 Å². The minimum Gasteiger partial charge on any atom is -0.493 e. The van der Waals surface area contributed by atoms with Gasteiger partial charge in [-0.1, -0.05) is 24.3 Å². The van der Waals surface area contributed by atoms with E-state index in [1.54, 1.807) is 23.5 Å². The molecule has 4 heterocycles. The second-order valence-corrected chi connectivity index (χ2v) is 12.9. The summed E-state index contributed by atoms with van der Waals surface area (Å²) in [6, 6.07) is 12.1. The van der Waals surface area contributed by atoms with Gasteiger partial charge in [0.25, 0.3) is 0 Å². The smallest absolute Gasteiger partial charge is 0.304 e. The van der Waals surface area contributed by atoms with E-state index < -0.39 is 5.97 Å². The van der Waals surface area contributed by atoms with Crippen molar-refractivity contribution in [1.82, 2.24) is 24.9 Å². The normalized spacial score (nSPS) is 18.0. The van der Waals surface area contributed by atoms with E-state index >= 15 is 0 Å². The fourth-order valence-corrected chi connectivity index (χ4v) is 7.51. The second kappa shape index (κ2) is 10.9. The van der Waals surface area contributed by atoms with Crippen molar-refractivity contribution in [1.29, 1.82) is 0 Å². The molecule has 0 spiro atoms. The Labute approximate surface area is 253 Å². The maximum atomic E-state index is 12.4. The first kappa shape index (κ1) is 27.8. The third-order valence-corrected chi connectivity index (χ3v) is 9.93. The van der Waals surface area contributed by atoms with Crippen molar-refractivity contribution in [3.8, 4) is 11.6 Å². The number of nitrogens with zero attached hydrogens (tertiary/aromatic N) is 5. The summed E-state index contributed by atoms with van der Waals surface area (Å²) in [5.74, 6) is -0.00392. The van der Waals surface area contributed by atoms with Crippen molar-refractivity contribution in [2.45, 2.75) is 70.6 Å². The predicted octanol–water partition coefficient (Wildman–Crippen LogP) is 6.25. The number of rotatable bonds is 8. The number of carboxylic acids is 1. The number of thiophene rings is 1. The van der Waals surface area contributed by atoms with Gasteiger partial charge < -0.3 is 14.9 Å². The number of pyridine rings is 1. The Balaban J connectivity index is 1.32. The minimum atomic E-state index is -0.832. The largest absolute Gasteiger partial charge is 0.493 e. The summed E-state index contributed by atoms with van der Waals surface area (Å²) in [6.45, 7) is 6.07. The molecule has 9 nitrogen and oxygen atoms in total. The summed E-state index contributed by atoms with van der Waals surface area (Å²) in [5.41, 5.74) is 8.00. The van der Waals surface area contributed by atoms with Crippen LogP contribution in [0.5, 0.6) is 11.6 Å². The lowest BCUT2D eigenvalue weighted by Gasteiger charge is -2.25. The van der Waals surface area contributed by atoms with Crippen LogP contribution in [0.15, 0.2) is 41.8 Å². The van der Waals surface area contributed by atoms with E-state index in [-0.39, 0.29) is 24.3 Å². The maximum Gasteiger partial charge on any atom is 0.304 e. The van der Waals surface area contributed by atoms with Gasteiger partial charge in [0, 0.05) is 43.4 Å². The molecule has 0 saturated heterocycles. The van der Waals surface area contributed by atoms with E-state index in [0.29, 0.717) is 24.8 Å². The van der Waals surface area contributed by atoms with Crippen molar-refractivity contribution in [3.63, 3.8) is 0 Å². The van der Waals surface area contributed by atoms with Gasteiger partial charge in [0.1, 0.15) is 23.1 Å². The Kier molecular flexibility index (Phi) is 7.05. The summed E-state index contributed by atoms with van der Waals surface area (Å²) < 4.78 is 9.30. The number of hydrogen-bond acceptors (Lipinski definition) is 8. The van der Waals surface area contributed by atoms with Crippen LogP contribution in [0.1, 0.15) is 78.0 Å². The van der Waals surface area contributed by atoms with Crippen LogP contribution < -0.4 is 4.74 Å². The lowest BCUT2D eigenvalue weighted by molar-refractivity contribution is -0.137. The predicted molar refractivity (Wildman–Crippen MR) is 166 cm³/mol. The molecule has 10 heteroatoms. The highest BCUT2D eigenvalue weighted by molar-refractivity contribution is 7.17. The molecule has 0 radical (unpaired) electrons. The van der Waals surface area contributed by atoms with Crippen molar-refractivity contribution in [3.05, 3.63) is 75.3 Å². The molecule has 2 aromatic carbocycles. The molecule has 43 heavy (non-hydrogen) atoms. The number of ether oxygens (including phenoxy) is 1. The number of fused-ring (bicyclic) bond motifs is 3. The maximum absolute atomic E-state index is 12.4. The molecule has 1 aliphatic heterocycles. The van der Waals surface area contributed by atoms with E-state index in [9.17, 15) is 15.0 Å². The van der Waals surface area contributed by atoms with E-state index in [1.165, 1.54) is 10.3 Å². The van der Waals surface area contributed by atoms with Gasteiger partial charge in [0.15, 0.2) is 0 Å². The van der Waals surface area contributed by atoms with Crippen LogP contribution in [-0.2, 0) is 24.9 Å². The third-order valence-electron chi connectivity index (χ3n) is 8.92. The summed E-state index contributed by atoms with van der Waals surface area (Å²) >= 11 is 1.70. The zero-order valence-corrected chi connectivity index (χ0v) is 25.4. The van der Waals surface area contributed by atoms with Crippen molar-refractivity contribution in [2.24, 2.45) is 7.05 Å². The lowest BCUT2D eigenvalue weighted by Crippen LogP contribution is -2.32. The Morgan fingerprint density at radius 3 is 2.81 bits per heavy atom. The molecule has 0 unspecified atom stereocenters. The Morgan fingerprint density at radius 1 is 1.21 bits per heavy atom.